The molecule has 3 aromatic carbocycles. The average Bonchev–Trinajstić information content (AvgIpc) is 2.70. The molecule has 0 aliphatic carbocycles. The van der Waals surface area contributed by atoms with Crippen LogP contribution in [0.15, 0.2) is 66.7 Å². The van der Waals surface area contributed by atoms with E-state index in [1.165, 1.54) is 7.05 Å². The lowest BCUT2D eigenvalue weighted by molar-refractivity contribution is 0.0947. The minimum atomic E-state index is -3.33. The van der Waals surface area contributed by atoms with Crippen LogP contribution in [0.4, 0.5) is 5.69 Å². The molecule has 0 heterocycles. The van der Waals surface area contributed by atoms with Crippen LogP contribution in [0.1, 0.15) is 10.4 Å². The molecule has 0 aliphatic rings. The lowest BCUT2D eigenvalue weighted by Gasteiger charge is -2.16. The van der Waals surface area contributed by atoms with E-state index < -0.39 is 10.0 Å². The molecule has 7 heteroatoms. The first-order valence-electron chi connectivity index (χ1n) is 8.78. The average molecular weight is 398 g/mol. The highest BCUT2D eigenvalue weighted by molar-refractivity contribution is 7.92. The second-order valence-corrected chi connectivity index (χ2v) is 8.40. The molecule has 146 valence electrons. The standard InChI is InChI=1S/C21H22N2O4S/c1-23(28(2,25)26)19-10-7-17(8-11-19)21(24)22-13-14-27-20-12-9-16-5-3-4-6-18(16)15-20/h3-12,15H,13-14H2,1-2H3,(H,22,24). The molecule has 0 saturated heterocycles. The highest BCUT2D eigenvalue weighted by Gasteiger charge is 2.12. The van der Waals surface area contributed by atoms with Crippen molar-refractivity contribution in [1.82, 2.24) is 5.32 Å². The molecule has 1 amide bonds. The van der Waals surface area contributed by atoms with Gasteiger partial charge < -0.3 is 10.1 Å². The smallest absolute Gasteiger partial charge is 0.251 e. The minimum Gasteiger partial charge on any atom is -0.492 e. The van der Waals surface area contributed by atoms with Crippen molar-refractivity contribution < 1.29 is 17.9 Å². The first kappa shape index (κ1) is 19.7. The number of anilines is 1. The normalized spacial score (nSPS) is 11.2. The molecule has 3 aromatic rings. The van der Waals surface area contributed by atoms with Crippen molar-refractivity contribution >= 4 is 32.4 Å². The van der Waals surface area contributed by atoms with E-state index in [1.807, 2.05) is 42.5 Å². The van der Waals surface area contributed by atoms with Gasteiger partial charge in [-0.1, -0.05) is 30.3 Å². The van der Waals surface area contributed by atoms with Crippen LogP contribution in [0.2, 0.25) is 0 Å². The van der Waals surface area contributed by atoms with Crippen molar-refractivity contribution in [2.45, 2.75) is 0 Å². The van der Waals surface area contributed by atoms with Crippen molar-refractivity contribution in [1.29, 1.82) is 0 Å². The van der Waals surface area contributed by atoms with Crippen LogP contribution < -0.4 is 14.4 Å². The van der Waals surface area contributed by atoms with Gasteiger partial charge in [-0.15, -0.1) is 0 Å². The zero-order valence-corrected chi connectivity index (χ0v) is 16.6. The van der Waals surface area contributed by atoms with Gasteiger partial charge >= 0.3 is 0 Å². The second kappa shape index (κ2) is 8.31. The molecule has 6 nitrogen and oxygen atoms in total. The summed E-state index contributed by atoms with van der Waals surface area (Å²) in [6, 6.07) is 20.3. The van der Waals surface area contributed by atoms with E-state index in [4.69, 9.17) is 4.74 Å². The van der Waals surface area contributed by atoms with Crippen LogP contribution in [0.3, 0.4) is 0 Å². The van der Waals surface area contributed by atoms with Crippen molar-refractivity contribution in [2.24, 2.45) is 0 Å². The van der Waals surface area contributed by atoms with Crippen molar-refractivity contribution in [3.63, 3.8) is 0 Å². The fourth-order valence-electron chi connectivity index (χ4n) is 2.71. The summed E-state index contributed by atoms with van der Waals surface area (Å²) in [6.07, 6.45) is 1.13. The first-order chi connectivity index (χ1) is 13.3. The Morgan fingerprint density at radius 2 is 1.68 bits per heavy atom. The van der Waals surface area contributed by atoms with Gasteiger partial charge in [-0.25, -0.2) is 8.42 Å². The molecule has 0 bridgehead atoms. The second-order valence-electron chi connectivity index (χ2n) is 6.39. The fourth-order valence-corrected chi connectivity index (χ4v) is 3.21. The Bertz CT molecular complexity index is 1080. The summed E-state index contributed by atoms with van der Waals surface area (Å²) in [5.74, 6) is 0.511. The fraction of sp³-hybridized carbons (Fsp3) is 0.190. The topological polar surface area (TPSA) is 75.7 Å². The van der Waals surface area contributed by atoms with Gasteiger partial charge in [-0.05, 0) is 47.2 Å². The number of fused-ring (bicyclic) bond motifs is 1. The van der Waals surface area contributed by atoms with E-state index in [1.54, 1.807) is 24.3 Å². The van der Waals surface area contributed by atoms with Crippen LogP contribution in [0, 0.1) is 0 Å². The largest absolute Gasteiger partial charge is 0.492 e. The highest BCUT2D eigenvalue weighted by Crippen LogP contribution is 2.20. The van der Waals surface area contributed by atoms with Gasteiger partial charge in [-0.3, -0.25) is 9.10 Å². The molecule has 0 radical (unpaired) electrons. The molecule has 0 saturated carbocycles. The molecule has 3 rings (SSSR count). The Morgan fingerprint density at radius 3 is 2.36 bits per heavy atom. The van der Waals surface area contributed by atoms with E-state index in [0.717, 1.165) is 27.1 Å². The number of amides is 1. The summed E-state index contributed by atoms with van der Waals surface area (Å²) < 4.78 is 30.0. The third kappa shape index (κ3) is 4.80. The van der Waals surface area contributed by atoms with Gasteiger partial charge in [0.15, 0.2) is 0 Å². The van der Waals surface area contributed by atoms with Gasteiger partial charge in [0.2, 0.25) is 10.0 Å². The summed E-state index contributed by atoms with van der Waals surface area (Å²) in [5, 5.41) is 5.04. The molecular formula is C21H22N2O4S. The van der Waals surface area contributed by atoms with Crippen LogP contribution in [0.5, 0.6) is 5.75 Å². The SMILES string of the molecule is CN(c1ccc(C(=O)NCCOc2ccc3ccccc3c2)cc1)S(C)(=O)=O. The molecule has 0 fully saturated rings. The van der Waals surface area contributed by atoms with Gasteiger partial charge in [-0.2, -0.15) is 0 Å². The van der Waals surface area contributed by atoms with Crippen LogP contribution in [-0.4, -0.2) is 40.8 Å². The lowest BCUT2D eigenvalue weighted by Crippen LogP contribution is -2.28. The van der Waals surface area contributed by atoms with E-state index >= 15 is 0 Å². The quantitative estimate of drug-likeness (QED) is 0.621. The zero-order valence-electron chi connectivity index (χ0n) is 15.8. The lowest BCUT2D eigenvalue weighted by atomic mass is 10.1. The number of carbonyl (C=O) groups excluding carboxylic acids is 1. The zero-order chi connectivity index (χ0) is 20.1. The predicted molar refractivity (Wildman–Crippen MR) is 111 cm³/mol. The molecule has 0 spiro atoms. The Kier molecular flexibility index (Phi) is 5.84. The molecular weight excluding hydrogens is 376 g/mol. The number of ether oxygens (including phenoxy) is 1. The van der Waals surface area contributed by atoms with Gasteiger partial charge in [0, 0.05) is 12.6 Å². The number of benzene rings is 3. The van der Waals surface area contributed by atoms with Gasteiger partial charge in [0.1, 0.15) is 12.4 Å². The van der Waals surface area contributed by atoms with Crippen LogP contribution >= 0.6 is 0 Å². The maximum absolute atomic E-state index is 12.2. The highest BCUT2D eigenvalue weighted by atomic mass is 32.2. The summed E-state index contributed by atoms with van der Waals surface area (Å²) in [7, 11) is -1.86. The Morgan fingerprint density at radius 1 is 1.00 bits per heavy atom. The Balaban J connectivity index is 1.51. The summed E-state index contributed by atoms with van der Waals surface area (Å²) in [5.41, 5.74) is 0.954. The number of sulfonamides is 1. The maximum Gasteiger partial charge on any atom is 0.251 e. The van der Waals surface area contributed by atoms with E-state index in [9.17, 15) is 13.2 Å². The molecule has 0 atom stereocenters. The minimum absolute atomic E-state index is 0.240. The van der Waals surface area contributed by atoms with E-state index in [0.29, 0.717) is 24.4 Å². The summed E-state index contributed by atoms with van der Waals surface area (Å²) >= 11 is 0. The maximum atomic E-state index is 12.2. The van der Waals surface area contributed by atoms with E-state index in [2.05, 4.69) is 5.32 Å². The van der Waals surface area contributed by atoms with Crippen molar-refractivity contribution in [3.05, 3.63) is 72.3 Å². The molecule has 0 aromatic heterocycles. The monoisotopic (exact) mass is 398 g/mol. The van der Waals surface area contributed by atoms with Crippen LogP contribution in [0.25, 0.3) is 10.8 Å². The third-order valence-corrected chi connectivity index (χ3v) is 5.57. The van der Waals surface area contributed by atoms with E-state index in [-0.39, 0.29) is 5.91 Å². The Hall–Kier alpha value is -3.06. The van der Waals surface area contributed by atoms with Crippen molar-refractivity contribution in [2.75, 3.05) is 30.8 Å². The first-order valence-corrected chi connectivity index (χ1v) is 10.6. The van der Waals surface area contributed by atoms with Crippen LogP contribution in [-0.2, 0) is 10.0 Å². The summed E-state index contributed by atoms with van der Waals surface area (Å²) in [4.78, 5) is 12.2. The molecule has 0 unspecified atom stereocenters. The van der Waals surface area contributed by atoms with Gasteiger partial charge in [0.05, 0.1) is 18.5 Å². The Labute approximate surface area is 164 Å². The van der Waals surface area contributed by atoms with Crippen molar-refractivity contribution in [3.8, 4) is 5.75 Å². The molecule has 0 aliphatic heterocycles. The molecule has 28 heavy (non-hydrogen) atoms. The number of rotatable bonds is 7. The molecule has 1 N–H and O–H groups in total. The third-order valence-electron chi connectivity index (χ3n) is 4.37. The number of carbonyl (C=O) groups is 1. The number of hydrogen-bond acceptors (Lipinski definition) is 4. The van der Waals surface area contributed by atoms with Gasteiger partial charge in [0.25, 0.3) is 5.91 Å². The number of nitrogens with zero attached hydrogens (tertiary/aromatic N) is 1. The predicted octanol–water partition coefficient (Wildman–Crippen LogP) is 3.04. The summed E-state index contributed by atoms with van der Waals surface area (Å²) in [6.45, 7) is 0.704. The number of nitrogens with one attached hydrogen (secondary N) is 1. The number of hydrogen-bond donors (Lipinski definition) is 1.